The number of nitrogens with zero attached hydrogens (tertiary/aromatic N) is 6. The SMILES string of the molecule is Cc1nn(C)cc1-c1cc(C(F)(F)F)n2ncc(C(=O)N3c4ccccc4C[C@H]3C)c2n1. The van der Waals surface area contributed by atoms with Crippen molar-refractivity contribution in [3.05, 3.63) is 65.2 Å². The van der Waals surface area contributed by atoms with Crippen molar-refractivity contribution in [1.29, 1.82) is 0 Å². The Morgan fingerprint density at radius 2 is 1.97 bits per heavy atom. The summed E-state index contributed by atoms with van der Waals surface area (Å²) in [5.41, 5.74) is 1.71. The molecule has 10 heteroatoms. The Bertz CT molecular complexity index is 1370. The first-order valence-corrected chi connectivity index (χ1v) is 10.0. The van der Waals surface area contributed by atoms with Crippen molar-refractivity contribution in [2.45, 2.75) is 32.5 Å². The Balaban J connectivity index is 1.71. The third-order valence-corrected chi connectivity index (χ3v) is 5.71. The summed E-state index contributed by atoms with van der Waals surface area (Å²) in [6.45, 7) is 3.60. The minimum absolute atomic E-state index is 0.0162. The Hall–Kier alpha value is -3.69. The zero-order chi connectivity index (χ0) is 22.8. The Kier molecular flexibility index (Phi) is 4.37. The normalized spacial score (nSPS) is 16.1. The summed E-state index contributed by atoms with van der Waals surface area (Å²) in [6.07, 6.45) is -1.26. The maximum atomic E-state index is 13.9. The summed E-state index contributed by atoms with van der Waals surface area (Å²) in [7, 11) is 1.68. The molecule has 1 aliphatic rings. The molecule has 1 aliphatic heterocycles. The van der Waals surface area contributed by atoms with E-state index in [4.69, 9.17) is 0 Å². The van der Waals surface area contributed by atoms with E-state index in [0.717, 1.165) is 23.5 Å². The third kappa shape index (κ3) is 3.05. The van der Waals surface area contributed by atoms with Crippen molar-refractivity contribution in [1.82, 2.24) is 24.4 Å². The first-order valence-electron chi connectivity index (χ1n) is 10.0. The van der Waals surface area contributed by atoms with Crippen LogP contribution in [0.3, 0.4) is 0 Å². The summed E-state index contributed by atoms with van der Waals surface area (Å²) < 4.78 is 43.9. The number of para-hydroxylation sites is 1. The third-order valence-electron chi connectivity index (χ3n) is 5.71. The van der Waals surface area contributed by atoms with E-state index >= 15 is 0 Å². The molecule has 164 valence electrons. The summed E-state index contributed by atoms with van der Waals surface area (Å²) in [5, 5.41) is 8.09. The summed E-state index contributed by atoms with van der Waals surface area (Å²) >= 11 is 0. The quantitative estimate of drug-likeness (QED) is 0.472. The number of hydrogen-bond donors (Lipinski definition) is 0. The Morgan fingerprint density at radius 3 is 2.66 bits per heavy atom. The minimum atomic E-state index is -4.69. The van der Waals surface area contributed by atoms with Crippen molar-refractivity contribution in [3.8, 4) is 11.3 Å². The molecule has 1 aromatic carbocycles. The fourth-order valence-corrected chi connectivity index (χ4v) is 4.31. The molecular weight excluding hydrogens is 421 g/mol. The summed E-state index contributed by atoms with van der Waals surface area (Å²) in [5.74, 6) is -0.432. The predicted molar refractivity (Wildman–Crippen MR) is 111 cm³/mol. The lowest BCUT2D eigenvalue weighted by molar-refractivity contribution is -0.142. The number of carbonyl (C=O) groups is 1. The molecule has 0 spiro atoms. The average Bonchev–Trinajstić information content (AvgIpc) is 3.39. The number of anilines is 1. The second-order valence-corrected chi connectivity index (χ2v) is 7.98. The number of aryl methyl sites for hydroxylation is 2. The van der Waals surface area contributed by atoms with E-state index in [0.29, 0.717) is 22.2 Å². The number of hydrogen-bond acceptors (Lipinski definition) is 4. The molecule has 0 saturated carbocycles. The van der Waals surface area contributed by atoms with Gasteiger partial charge in [-0.05, 0) is 38.0 Å². The number of rotatable bonds is 2. The molecule has 1 amide bonds. The second-order valence-electron chi connectivity index (χ2n) is 7.98. The molecule has 4 aromatic rings. The maximum absolute atomic E-state index is 13.9. The highest BCUT2D eigenvalue weighted by Gasteiger charge is 2.38. The molecule has 0 radical (unpaired) electrons. The van der Waals surface area contributed by atoms with E-state index in [-0.39, 0.29) is 22.9 Å². The number of fused-ring (bicyclic) bond motifs is 2. The highest BCUT2D eigenvalue weighted by molar-refractivity contribution is 6.11. The van der Waals surface area contributed by atoms with Crippen molar-refractivity contribution in [2.75, 3.05) is 4.90 Å². The second kappa shape index (κ2) is 6.91. The first kappa shape index (κ1) is 20.2. The van der Waals surface area contributed by atoms with Gasteiger partial charge in [-0.1, -0.05) is 18.2 Å². The first-order chi connectivity index (χ1) is 15.1. The smallest absolute Gasteiger partial charge is 0.305 e. The average molecular weight is 440 g/mol. The van der Waals surface area contributed by atoms with Gasteiger partial charge in [0, 0.05) is 30.5 Å². The van der Waals surface area contributed by atoms with Crippen molar-refractivity contribution in [3.63, 3.8) is 0 Å². The van der Waals surface area contributed by atoms with Crippen molar-refractivity contribution >= 4 is 17.2 Å². The molecule has 0 N–H and O–H groups in total. The minimum Gasteiger partial charge on any atom is -0.305 e. The number of aromatic nitrogens is 5. The van der Waals surface area contributed by atoms with Crippen LogP contribution in [0.15, 0.2) is 42.7 Å². The lowest BCUT2D eigenvalue weighted by atomic mass is 10.1. The van der Waals surface area contributed by atoms with Crippen LogP contribution in [0.4, 0.5) is 18.9 Å². The summed E-state index contributed by atoms with van der Waals surface area (Å²) in [6, 6.07) is 8.30. The molecule has 0 aliphatic carbocycles. The van der Waals surface area contributed by atoms with Crippen LogP contribution in [-0.2, 0) is 19.6 Å². The van der Waals surface area contributed by atoms with Crippen molar-refractivity contribution < 1.29 is 18.0 Å². The van der Waals surface area contributed by atoms with Crippen LogP contribution in [0.2, 0.25) is 0 Å². The van der Waals surface area contributed by atoms with Gasteiger partial charge in [-0.3, -0.25) is 9.48 Å². The van der Waals surface area contributed by atoms with Gasteiger partial charge in [0.15, 0.2) is 11.3 Å². The van der Waals surface area contributed by atoms with Gasteiger partial charge in [-0.2, -0.15) is 23.4 Å². The molecule has 32 heavy (non-hydrogen) atoms. The van der Waals surface area contributed by atoms with Crippen LogP contribution >= 0.6 is 0 Å². The molecule has 4 heterocycles. The summed E-state index contributed by atoms with van der Waals surface area (Å²) in [4.78, 5) is 19.5. The van der Waals surface area contributed by atoms with E-state index in [9.17, 15) is 18.0 Å². The van der Waals surface area contributed by atoms with Crippen LogP contribution in [-0.4, -0.2) is 36.3 Å². The van der Waals surface area contributed by atoms with Gasteiger partial charge in [0.05, 0.1) is 17.6 Å². The fourth-order valence-electron chi connectivity index (χ4n) is 4.31. The van der Waals surface area contributed by atoms with Gasteiger partial charge >= 0.3 is 6.18 Å². The molecule has 5 rings (SSSR count). The van der Waals surface area contributed by atoms with Crippen LogP contribution in [0.25, 0.3) is 16.9 Å². The van der Waals surface area contributed by atoms with Crippen LogP contribution in [0.5, 0.6) is 0 Å². The van der Waals surface area contributed by atoms with Crippen LogP contribution in [0.1, 0.15) is 34.2 Å². The monoisotopic (exact) mass is 440 g/mol. The van der Waals surface area contributed by atoms with E-state index < -0.39 is 17.8 Å². The molecule has 7 nitrogen and oxygen atoms in total. The topological polar surface area (TPSA) is 68.3 Å². The lowest BCUT2D eigenvalue weighted by Gasteiger charge is -2.22. The molecule has 1 atom stereocenters. The molecule has 0 fully saturated rings. The van der Waals surface area contributed by atoms with Crippen LogP contribution in [0, 0.1) is 6.92 Å². The molecular formula is C22H19F3N6O. The van der Waals surface area contributed by atoms with Gasteiger partial charge in [0.2, 0.25) is 0 Å². The fraction of sp³-hybridized carbons (Fsp3) is 0.273. The standard InChI is InChI=1S/C22H19F3N6O/c1-12-8-14-6-4-5-7-18(14)30(12)21(32)15-10-26-31-19(22(23,24)25)9-17(27-20(15)31)16-11-29(3)28-13(16)2/h4-7,9-12H,8H2,1-3H3/t12-/m1/s1. The number of halogens is 3. The largest absolute Gasteiger partial charge is 0.433 e. The maximum Gasteiger partial charge on any atom is 0.433 e. The van der Waals surface area contributed by atoms with Gasteiger partial charge in [-0.15, -0.1) is 0 Å². The van der Waals surface area contributed by atoms with Gasteiger partial charge in [0.25, 0.3) is 5.91 Å². The molecule has 0 bridgehead atoms. The number of alkyl halides is 3. The van der Waals surface area contributed by atoms with E-state index in [2.05, 4.69) is 15.2 Å². The highest BCUT2D eigenvalue weighted by Crippen LogP contribution is 2.36. The Labute approximate surface area is 181 Å². The molecule has 0 unspecified atom stereocenters. The zero-order valence-corrected chi connectivity index (χ0v) is 17.6. The Morgan fingerprint density at radius 1 is 1.22 bits per heavy atom. The van der Waals surface area contributed by atoms with Gasteiger partial charge in [-0.25, -0.2) is 9.50 Å². The van der Waals surface area contributed by atoms with Crippen LogP contribution < -0.4 is 4.90 Å². The molecule has 3 aromatic heterocycles. The van der Waals surface area contributed by atoms with Gasteiger partial charge in [0.1, 0.15) is 5.56 Å². The van der Waals surface area contributed by atoms with E-state index in [1.807, 2.05) is 31.2 Å². The number of carbonyl (C=O) groups excluding carboxylic acids is 1. The zero-order valence-electron chi connectivity index (χ0n) is 17.6. The lowest BCUT2D eigenvalue weighted by Crippen LogP contribution is -2.35. The predicted octanol–water partition coefficient (Wildman–Crippen LogP) is 4.05. The van der Waals surface area contributed by atoms with Gasteiger partial charge < -0.3 is 4.90 Å². The highest BCUT2D eigenvalue weighted by atomic mass is 19.4. The van der Waals surface area contributed by atoms with Crippen molar-refractivity contribution in [2.24, 2.45) is 7.05 Å². The number of amides is 1. The number of benzene rings is 1. The van der Waals surface area contributed by atoms with E-state index in [1.165, 1.54) is 4.68 Å². The molecule has 0 saturated heterocycles. The van der Waals surface area contributed by atoms with E-state index in [1.54, 1.807) is 25.1 Å².